The van der Waals surface area contributed by atoms with E-state index in [1.807, 2.05) is 36.4 Å². The van der Waals surface area contributed by atoms with Crippen molar-refractivity contribution in [3.8, 4) is 22.9 Å². The van der Waals surface area contributed by atoms with E-state index in [2.05, 4.69) is 21.2 Å². The second-order valence-electron chi connectivity index (χ2n) is 8.35. The van der Waals surface area contributed by atoms with Gasteiger partial charge in [0.15, 0.2) is 5.69 Å². The maximum atomic E-state index is 12.8. The quantitative estimate of drug-likeness (QED) is 0.320. The molecule has 4 rings (SSSR count). The second-order valence-corrected chi connectivity index (χ2v) is 8.35. The van der Waals surface area contributed by atoms with Gasteiger partial charge in [0.25, 0.3) is 5.91 Å². The molecule has 182 valence electrons. The Labute approximate surface area is 215 Å². The number of carbonyl (C=O) groups excluding carboxylic acids is 1. The molecular weight excluding hydrogens is 464 g/mol. The van der Waals surface area contributed by atoms with Gasteiger partial charge < -0.3 is 15.2 Å². The van der Waals surface area contributed by atoms with Crippen molar-refractivity contribution in [2.45, 2.75) is 26.7 Å². The summed E-state index contributed by atoms with van der Waals surface area (Å²) in [6.45, 7) is 9.03. The average molecular weight is 489 g/mol. The van der Waals surface area contributed by atoms with E-state index in [9.17, 15) is 9.90 Å². The number of hydrogen-bond donors (Lipinski definition) is 2. The van der Waals surface area contributed by atoms with Gasteiger partial charge in [-0.05, 0) is 53.4 Å². The fourth-order valence-corrected chi connectivity index (χ4v) is 3.84. The number of nitrogens with zero attached hydrogens (tertiary/aromatic N) is 3. The van der Waals surface area contributed by atoms with E-state index in [-0.39, 0.29) is 25.7 Å². The Bertz CT molecular complexity index is 1480. The molecule has 7 nitrogen and oxygen atoms in total. The molecule has 0 fully saturated rings. The summed E-state index contributed by atoms with van der Waals surface area (Å²) in [6.07, 6.45) is 1.63. The number of aryl methyl sites for hydroxylation is 1. The molecule has 0 unspecified atom stereocenters. The van der Waals surface area contributed by atoms with Gasteiger partial charge in [-0.2, -0.15) is 5.26 Å². The smallest absolute Gasteiger partial charge is 0.251 e. The molecule has 0 atom stereocenters. The third-order valence-corrected chi connectivity index (χ3v) is 5.94. The maximum absolute atomic E-state index is 12.8. The standard InChI is InChI=1S/C30H24N4O3/c1-20-29(37-19-22-5-13-27(32-2)14-6-22)28(18-35)26(16-33-20)17-34-30(36)25-11-9-24(10-12-25)23-7-3-21(15-31)4-8-23/h3-14,16,35H,17-19H2,1H3,(H,34,36). The van der Waals surface area contributed by atoms with Crippen molar-refractivity contribution in [1.29, 1.82) is 5.26 Å². The van der Waals surface area contributed by atoms with Crippen molar-refractivity contribution in [2.75, 3.05) is 0 Å². The third-order valence-electron chi connectivity index (χ3n) is 5.94. The van der Waals surface area contributed by atoms with Crippen LogP contribution in [0.15, 0.2) is 79.0 Å². The molecule has 1 amide bonds. The Balaban J connectivity index is 1.43. The van der Waals surface area contributed by atoms with Crippen molar-refractivity contribution < 1.29 is 14.6 Å². The summed E-state index contributed by atoms with van der Waals surface area (Å²) in [7, 11) is 0. The van der Waals surface area contributed by atoms with Crippen LogP contribution < -0.4 is 10.1 Å². The fraction of sp³-hybridized carbons (Fsp3) is 0.133. The molecule has 37 heavy (non-hydrogen) atoms. The molecule has 2 N–H and O–H groups in total. The summed E-state index contributed by atoms with van der Waals surface area (Å²) in [5.74, 6) is 0.230. The first-order valence-electron chi connectivity index (χ1n) is 11.6. The number of aliphatic hydroxyl groups excluding tert-OH is 1. The number of benzene rings is 3. The zero-order chi connectivity index (χ0) is 26.2. The van der Waals surface area contributed by atoms with Crippen LogP contribution in [-0.4, -0.2) is 16.0 Å². The molecule has 0 saturated heterocycles. The molecule has 0 radical (unpaired) electrons. The minimum absolute atomic E-state index is 0.176. The van der Waals surface area contributed by atoms with Crippen LogP contribution in [0.1, 0.15) is 38.3 Å². The van der Waals surface area contributed by atoms with Crippen molar-refractivity contribution >= 4 is 11.6 Å². The zero-order valence-corrected chi connectivity index (χ0v) is 20.2. The fourth-order valence-electron chi connectivity index (χ4n) is 3.84. The number of carbonyl (C=O) groups is 1. The topological polar surface area (TPSA) is 99.6 Å². The van der Waals surface area contributed by atoms with Crippen LogP contribution in [0.2, 0.25) is 0 Å². The van der Waals surface area contributed by atoms with E-state index in [4.69, 9.17) is 16.6 Å². The normalized spacial score (nSPS) is 10.3. The molecule has 0 aliphatic carbocycles. The number of nitrogens with one attached hydrogen (secondary N) is 1. The molecule has 4 aromatic rings. The minimum atomic E-state index is -0.264. The molecule has 0 spiro atoms. The third kappa shape index (κ3) is 5.99. The molecule has 3 aromatic carbocycles. The zero-order valence-electron chi connectivity index (χ0n) is 20.2. The van der Waals surface area contributed by atoms with Crippen LogP contribution in [0.25, 0.3) is 16.0 Å². The molecule has 7 heteroatoms. The summed E-state index contributed by atoms with van der Waals surface area (Å²) < 4.78 is 5.99. The number of pyridine rings is 1. The summed E-state index contributed by atoms with van der Waals surface area (Å²) in [4.78, 5) is 20.6. The van der Waals surface area contributed by atoms with Crippen LogP contribution >= 0.6 is 0 Å². The number of nitriles is 1. The number of amides is 1. The number of hydrogen-bond acceptors (Lipinski definition) is 5. The lowest BCUT2D eigenvalue weighted by Crippen LogP contribution is -2.23. The van der Waals surface area contributed by atoms with Gasteiger partial charge in [-0.3, -0.25) is 9.78 Å². The number of aliphatic hydroxyl groups is 1. The predicted octanol–water partition coefficient (Wildman–Crippen LogP) is 5.48. The highest BCUT2D eigenvalue weighted by molar-refractivity contribution is 5.94. The average Bonchev–Trinajstić information content (AvgIpc) is 2.95. The summed E-state index contributed by atoms with van der Waals surface area (Å²) >= 11 is 0. The number of aromatic nitrogens is 1. The highest BCUT2D eigenvalue weighted by Gasteiger charge is 2.15. The SMILES string of the molecule is [C-]#[N+]c1ccc(COc2c(C)ncc(CNC(=O)c3ccc(-c4ccc(C#N)cc4)cc3)c2CO)cc1. The Kier molecular flexibility index (Phi) is 7.90. The Hall–Kier alpha value is -4.98. The van der Waals surface area contributed by atoms with Crippen LogP contribution in [0.4, 0.5) is 5.69 Å². The first kappa shape index (κ1) is 25.1. The monoisotopic (exact) mass is 488 g/mol. The molecule has 1 heterocycles. The van der Waals surface area contributed by atoms with Crippen LogP contribution in [0.5, 0.6) is 5.75 Å². The highest BCUT2D eigenvalue weighted by Crippen LogP contribution is 2.27. The Morgan fingerprint density at radius 2 is 1.70 bits per heavy atom. The summed E-state index contributed by atoms with van der Waals surface area (Å²) in [5.41, 5.74) is 6.30. The lowest BCUT2D eigenvalue weighted by atomic mass is 10.0. The summed E-state index contributed by atoms with van der Waals surface area (Å²) in [5, 5.41) is 21.9. The van der Waals surface area contributed by atoms with E-state index in [1.165, 1.54) is 0 Å². The van der Waals surface area contributed by atoms with Gasteiger partial charge in [-0.25, -0.2) is 4.85 Å². The number of ether oxygens (including phenoxy) is 1. The molecular formula is C30H24N4O3. The molecule has 0 aliphatic heterocycles. The predicted molar refractivity (Wildman–Crippen MR) is 140 cm³/mol. The van der Waals surface area contributed by atoms with E-state index in [0.29, 0.717) is 39.4 Å². The molecule has 0 bridgehead atoms. The van der Waals surface area contributed by atoms with E-state index in [1.54, 1.807) is 49.5 Å². The summed E-state index contributed by atoms with van der Waals surface area (Å²) in [6, 6.07) is 23.7. The van der Waals surface area contributed by atoms with Crippen LogP contribution in [0, 0.1) is 24.8 Å². The van der Waals surface area contributed by atoms with Gasteiger partial charge in [0.05, 0.1) is 30.5 Å². The van der Waals surface area contributed by atoms with Gasteiger partial charge in [-0.15, -0.1) is 0 Å². The van der Waals surface area contributed by atoms with Gasteiger partial charge in [-0.1, -0.05) is 48.5 Å². The first-order valence-corrected chi connectivity index (χ1v) is 11.6. The van der Waals surface area contributed by atoms with Gasteiger partial charge in [0.1, 0.15) is 12.4 Å². The van der Waals surface area contributed by atoms with Crippen molar-refractivity contribution in [3.05, 3.63) is 124 Å². The molecule has 0 aliphatic rings. The minimum Gasteiger partial charge on any atom is -0.487 e. The van der Waals surface area contributed by atoms with Crippen LogP contribution in [-0.2, 0) is 19.8 Å². The first-order chi connectivity index (χ1) is 18.0. The highest BCUT2D eigenvalue weighted by atomic mass is 16.5. The van der Waals surface area contributed by atoms with Crippen molar-refractivity contribution in [1.82, 2.24) is 10.3 Å². The van der Waals surface area contributed by atoms with E-state index >= 15 is 0 Å². The lowest BCUT2D eigenvalue weighted by molar-refractivity contribution is 0.0950. The number of rotatable bonds is 8. The van der Waals surface area contributed by atoms with Gasteiger partial charge in [0, 0.05) is 23.9 Å². The Morgan fingerprint density at radius 3 is 2.30 bits per heavy atom. The van der Waals surface area contributed by atoms with Crippen molar-refractivity contribution in [3.63, 3.8) is 0 Å². The van der Waals surface area contributed by atoms with E-state index in [0.717, 1.165) is 16.7 Å². The second kappa shape index (κ2) is 11.6. The van der Waals surface area contributed by atoms with Crippen LogP contribution in [0.3, 0.4) is 0 Å². The lowest BCUT2D eigenvalue weighted by Gasteiger charge is -2.16. The van der Waals surface area contributed by atoms with Gasteiger partial charge in [0.2, 0.25) is 0 Å². The van der Waals surface area contributed by atoms with Crippen molar-refractivity contribution in [2.24, 2.45) is 0 Å². The molecule has 0 saturated carbocycles. The maximum Gasteiger partial charge on any atom is 0.251 e. The van der Waals surface area contributed by atoms with Gasteiger partial charge >= 0.3 is 0 Å². The molecule has 1 aromatic heterocycles. The van der Waals surface area contributed by atoms with E-state index < -0.39 is 0 Å². The Morgan fingerprint density at radius 1 is 1.05 bits per heavy atom. The largest absolute Gasteiger partial charge is 0.487 e.